The number of nitrogens with one attached hydrogen (secondary N) is 1. The molecular weight excluding hydrogens is 228 g/mol. The van der Waals surface area contributed by atoms with E-state index in [2.05, 4.69) is 31.3 Å². The molecule has 0 radical (unpaired) electrons. The van der Waals surface area contributed by atoms with E-state index in [0.29, 0.717) is 13.1 Å². The van der Waals surface area contributed by atoms with Crippen LogP contribution in [0.1, 0.15) is 19.4 Å². The SMILES string of the molecule is CN(CCO)C(=O)NCC(C)(C)c1ccccc1. The third kappa shape index (κ3) is 4.04. The first-order valence-corrected chi connectivity index (χ1v) is 6.13. The number of benzene rings is 1. The van der Waals surface area contributed by atoms with Gasteiger partial charge in [-0.15, -0.1) is 0 Å². The quantitative estimate of drug-likeness (QED) is 0.834. The zero-order valence-electron chi connectivity index (χ0n) is 11.3. The van der Waals surface area contributed by atoms with Crippen LogP contribution < -0.4 is 5.32 Å². The number of amides is 2. The summed E-state index contributed by atoms with van der Waals surface area (Å²) in [5, 5.41) is 11.7. The number of rotatable bonds is 5. The van der Waals surface area contributed by atoms with Crippen molar-refractivity contribution in [3.63, 3.8) is 0 Å². The summed E-state index contributed by atoms with van der Waals surface area (Å²) in [6.45, 7) is 5.07. The van der Waals surface area contributed by atoms with Crippen LogP contribution in [0.5, 0.6) is 0 Å². The Morgan fingerprint density at radius 3 is 2.50 bits per heavy atom. The first-order valence-electron chi connectivity index (χ1n) is 6.13. The Hall–Kier alpha value is -1.55. The standard InChI is InChI=1S/C14H22N2O2/c1-14(2,12-7-5-4-6-8-12)11-15-13(18)16(3)9-10-17/h4-8,17H,9-11H2,1-3H3,(H,15,18). The monoisotopic (exact) mass is 250 g/mol. The molecule has 0 saturated carbocycles. The van der Waals surface area contributed by atoms with E-state index in [9.17, 15) is 4.79 Å². The lowest BCUT2D eigenvalue weighted by atomic mass is 9.85. The fourth-order valence-electron chi connectivity index (χ4n) is 1.67. The van der Waals surface area contributed by atoms with Gasteiger partial charge in [0.1, 0.15) is 0 Å². The number of nitrogens with zero attached hydrogens (tertiary/aromatic N) is 1. The van der Waals surface area contributed by atoms with E-state index in [4.69, 9.17) is 5.11 Å². The van der Waals surface area contributed by atoms with Crippen molar-refractivity contribution in [2.24, 2.45) is 0 Å². The van der Waals surface area contributed by atoms with E-state index in [1.165, 1.54) is 10.5 Å². The van der Waals surface area contributed by atoms with E-state index in [1.54, 1.807) is 7.05 Å². The van der Waals surface area contributed by atoms with E-state index in [0.717, 1.165) is 0 Å². The van der Waals surface area contributed by atoms with Gasteiger partial charge in [0.25, 0.3) is 0 Å². The van der Waals surface area contributed by atoms with Crippen LogP contribution in [0.4, 0.5) is 4.79 Å². The van der Waals surface area contributed by atoms with Crippen LogP contribution >= 0.6 is 0 Å². The number of carbonyl (C=O) groups is 1. The van der Waals surface area contributed by atoms with Crippen LogP contribution in [0.25, 0.3) is 0 Å². The maximum atomic E-state index is 11.7. The largest absolute Gasteiger partial charge is 0.395 e. The molecule has 0 aliphatic heterocycles. The Balaban J connectivity index is 2.55. The fourth-order valence-corrected chi connectivity index (χ4v) is 1.67. The Bertz CT molecular complexity index is 377. The molecule has 18 heavy (non-hydrogen) atoms. The second kappa shape index (κ2) is 6.40. The van der Waals surface area contributed by atoms with Crippen LogP contribution in [0.3, 0.4) is 0 Å². The van der Waals surface area contributed by atoms with Crippen LogP contribution in [0.2, 0.25) is 0 Å². The molecule has 1 aromatic carbocycles. The normalized spacial score (nSPS) is 11.1. The molecular formula is C14H22N2O2. The highest BCUT2D eigenvalue weighted by Gasteiger charge is 2.21. The predicted molar refractivity (Wildman–Crippen MR) is 72.6 cm³/mol. The van der Waals surface area contributed by atoms with Gasteiger partial charge >= 0.3 is 6.03 Å². The van der Waals surface area contributed by atoms with Gasteiger partial charge in [-0.2, -0.15) is 0 Å². The van der Waals surface area contributed by atoms with Gasteiger partial charge in [0.05, 0.1) is 6.61 Å². The summed E-state index contributed by atoms with van der Waals surface area (Å²) in [6, 6.07) is 9.93. The van der Waals surface area contributed by atoms with Crippen molar-refractivity contribution < 1.29 is 9.90 Å². The van der Waals surface area contributed by atoms with Crippen LogP contribution in [0.15, 0.2) is 30.3 Å². The summed E-state index contributed by atoms with van der Waals surface area (Å²) in [5.41, 5.74) is 1.08. The molecule has 0 heterocycles. The minimum absolute atomic E-state index is 0.0218. The van der Waals surface area contributed by atoms with Crippen molar-refractivity contribution in [1.82, 2.24) is 10.2 Å². The molecule has 2 amide bonds. The van der Waals surface area contributed by atoms with Crippen molar-refractivity contribution in [3.05, 3.63) is 35.9 Å². The molecule has 0 saturated heterocycles. The second-order valence-electron chi connectivity index (χ2n) is 5.05. The Kier molecular flexibility index (Phi) is 5.16. The summed E-state index contributed by atoms with van der Waals surface area (Å²) < 4.78 is 0. The lowest BCUT2D eigenvalue weighted by molar-refractivity contribution is 0.188. The molecule has 0 unspecified atom stereocenters. The Morgan fingerprint density at radius 1 is 1.33 bits per heavy atom. The molecule has 1 aromatic rings. The molecule has 0 fully saturated rings. The molecule has 100 valence electrons. The van der Waals surface area contributed by atoms with Crippen molar-refractivity contribution in [2.75, 3.05) is 26.7 Å². The first-order chi connectivity index (χ1) is 8.47. The van der Waals surface area contributed by atoms with E-state index < -0.39 is 0 Å². The summed E-state index contributed by atoms with van der Waals surface area (Å²) in [5.74, 6) is 0. The third-order valence-corrected chi connectivity index (χ3v) is 3.02. The molecule has 1 rings (SSSR count). The lowest BCUT2D eigenvalue weighted by Gasteiger charge is -2.27. The molecule has 0 spiro atoms. The van der Waals surface area contributed by atoms with Gasteiger partial charge in [0.2, 0.25) is 0 Å². The predicted octanol–water partition coefficient (Wildman–Crippen LogP) is 1.60. The summed E-state index contributed by atoms with van der Waals surface area (Å²) in [6.07, 6.45) is 0. The zero-order chi connectivity index (χ0) is 13.6. The highest BCUT2D eigenvalue weighted by molar-refractivity contribution is 5.73. The third-order valence-electron chi connectivity index (χ3n) is 3.02. The fraction of sp³-hybridized carbons (Fsp3) is 0.500. The minimum Gasteiger partial charge on any atom is -0.395 e. The van der Waals surface area contributed by atoms with Gasteiger partial charge in [-0.1, -0.05) is 44.2 Å². The number of likely N-dealkylation sites (N-methyl/N-ethyl adjacent to an activating group) is 1. The Morgan fingerprint density at radius 2 is 1.94 bits per heavy atom. The molecule has 4 heteroatoms. The number of aliphatic hydroxyl groups excluding tert-OH is 1. The maximum Gasteiger partial charge on any atom is 0.317 e. The molecule has 0 aliphatic carbocycles. The molecule has 0 aliphatic rings. The lowest BCUT2D eigenvalue weighted by Crippen LogP contribution is -2.43. The van der Waals surface area contributed by atoms with Crippen molar-refractivity contribution in [3.8, 4) is 0 Å². The van der Waals surface area contributed by atoms with Gasteiger partial charge in [-0.25, -0.2) is 4.79 Å². The molecule has 0 aromatic heterocycles. The van der Waals surface area contributed by atoms with Crippen LogP contribution in [0, 0.1) is 0 Å². The smallest absolute Gasteiger partial charge is 0.317 e. The number of aliphatic hydroxyl groups is 1. The Labute approximate surface area is 109 Å². The van der Waals surface area contributed by atoms with Gasteiger partial charge < -0.3 is 15.3 Å². The van der Waals surface area contributed by atoms with Crippen molar-refractivity contribution >= 4 is 6.03 Å². The number of hydrogen-bond donors (Lipinski definition) is 2. The average molecular weight is 250 g/mol. The average Bonchev–Trinajstić information content (AvgIpc) is 2.37. The molecule has 0 atom stereocenters. The highest BCUT2D eigenvalue weighted by Crippen LogP contribution is 2.21. The molecule has 2 N–H and O–H groups in total. The summed E-state index contributed by atoms with van der Waals surface area (Å²) >= 11 is 0. The van der Waals surface area contributed by atoms with Crippen LogP contribution in [-0.2, 0) is 5.41 Å². The van der Waals surface area contributed by atoms with E-state index in [-0.39, 0.29) is 18.1 Å². The summed E-state index contributed by atoms with van der Waals surface area (Å²) in [7, 11) is 1.67. The van der Waals surface area contributed by atoms with E-state index in [1.807, 2.05) is 18.2 Å². The van der Waals surface area contributed by atoms with Gasteiger partial charge in [-0.3, -0.25) is 0 Å². The zero-order valence-corrected chi connectivity index (χ0v) is 11.3. The summed E-state index contributed by atoms with van der Waals surface area (Å²) in [4.78, 5) is 13.2. The number of urea groups is 1. The van der Waals surface area contributed by atoms with Crippen molar-refractivity contribution in [1.29, 1.82) is 0 Å². The van der Waals surface area contributed by atoms with Crippen molar-refractivity contribution in [2.45, 2.75) is 19.3 Å². The van der Waals surface area contributed by atoms with E-state index >= 15 is 0 Å². The van der Waals surface area contributed by atoms with Gasteiger partial charge in [-0.05, 0) is 5.56 Å². The number of hydrogen-bond acceptors (Lipinski definition) is 2. The highest BCUT2D eigenvalue weighted by atomic mass is 16.3. The van der Waals surface area contributed by atoms with Gasteiger partial charge in [0.15, 0.2) is 0 Å². The second-order valence-corrected chi connectivity index (χ2v) is 5.05. The molecule has 0 bridgehead atoms. The minimum atomic E-state index is -0.159. The van der Waals surface area contributed by atoms with Gasteiger partial charge in [0, 0.05) is 25.6 Å². The number of carbonyl (C=O) groups excluding carboxylic acids is 1. The first kappa shape index (κ1) is 14.5. The topological polar surface area (TPSA) is 52.6 Å². The van der Waals surface area contributed by atoms with Crippen LogP contribution in [-0.4, -0.2) is 42.8 Å². The molecule has 4 nitrogen and oxygen atoms in total. The maximum absolute atomic E-state index is 11.7.